The van der Waals surface area contributed by atoms with Crippen molar-refractivity contribution >= 4 is 16.9 Å². The zero-order chi connectivity index (χ0) is 13.3. The van der Waals surface area contributed by atoms with Gasteiger partial charge in [-0.15, -0.1) is 0 Å². The molecule has 0 bridgehead atoms. The fourth-order valence-electron chi connectivity index (χ4n) is 1.79. The number of anilines is 1. The Balaban J connectivity index is 2.77. The molecular formula is C11H11F3N4. The molecule has 18 heavy (non-hydrogen) atoms. The lowest BCUT2D eigenvalue weighted by Gasteiger charge is -2.11. The second-order valence-electron chi connectivity index (χ2n) is 3.77. The molecule has 0 aliphatic rings. The van der Waals surface area contributed by atoms with E-state index in [0.29, 0.717) is 17.5 Å². The molecule has 2 aromatic rings. The van der Waals surface area contributed by atoms with Crippen molar-refractivity contribution in [2.24, 2.45) is 5.73 Å². The first kappa shape index (κ1) is 12.6. The van der Waals surface area contributed by atoms with E-state index in [4.69, 9.17) is 11.5 Å². The van der Waals surface area contributed by atoms with Crippen LogP contribution in [0.2, 0.25) is 0 Å². The van der Waals surface area contributed by atoms with Crippen LogP contribution >= 0.6 is 0 Å². The van der Waals surface area contributed by atoms with Gasteiger partial charge in [-0.1, -0.05) is 12.1 Å². The lowest BCUT2D eigenvalue weighted by Crippen LogP contribution is -2.11. The fourth-order valence-corrected chi connectivity index (χ4v) is 1.79. The Hall–Kier alpha value is -1.89. The largest absolute Gasteiger partial charge is 0.418 e. The Morgan fingerprint density at radius 3 is 2.50 bits per heavy atom. The molecular weight excluding hydrogens is 245 g/mol. The van der Waals surface area contributed by atoms with E-state index in [1.165, 1.54) is 12.1 Å². The van der Waals surface area contributed by atoms with Gasteiger partial charge in [0.15, 0.2) is 0 Å². The first-order valence-electron chi connectivity index (χ1n) is 5.26. The van der Waals surface area contributed by atoms with E-state index in [2.05, 4.69) is 9.97 Å². The van der Waals surface area contributed by atoms with Crippen LogP contribution < -0.4 is 11.5 Å². The quantitative estimate of drug-likeness (QED) is 0.857. The van der Waals surface area contributed by atoms with Gasteiger partial charge in [-0.2, -0.15) is 13.2 Å². The Labute approximate surface area is 101 Å². The van der Waals surface area contributed by atoms with E-state index in [-0.39, 0.29) is 18.0 Å². The van der Waals surface area contributed by atoms with Gasteiger partial charge in [0.25, 0.3) is 0 Å². The number of nitrogen functional groups attached to an aromatic ring is 1. The lowest BCUT2D eigenvalue weighted by atomic mass is 10.1. The first-order valence-corrected chi connectivity index (χ1v) is 5.26. The Morgan fingerprint density at radius 1 is 1.17 bits per heavy atom. The van der Waals surface area contributed by atoms with Crippen molar-refractivity contribution in [1.29, 1.82) is 0 Å². The highest BCUT2D eigenvalue weighted by Gasteiger charge is 2.33. The zero-order valence-electron chi connectivity index (χ0n) is 9.33. The van der Waals surface area contributed by atoms with Crippen LogP contribution in [0.3, 0.4) is 0 Å². The third kappa shape index (κ3) is 2.21. The molecule has 0 spiro atoms. The third-order valence-electron chi connectivity index (χ3n) is 2.51. The molecule has 0 saturated carbocycles. The van der Waals surface area contributed by atoms with E-state index in [1.807, 2.05) is 0 Å². The maximum absolute atomic E-state index is 12.8. The Morgan fingerprint density at radius 2 is 1.89 bits per heavy atom. The summed E-state index contributed by atoms with van der Waals surface area (Å²) in [6.45, 7) is 0.280. The predicted molar refractivity (Wildman–Crippen MR) is 61.7 cm³/mol. The van der Waals surface area contributed by atoms with Crippen molar-refractivity contribution in [1.82, 2.24) is 9.97 Å². The number of benzene rings is 1. The number of alkyl halides is 3. The summed E-state index contributed by atoms with van der Waals surface area (Å²) in [6, 6.07) is 3.83. The average Bonchev–Trinajstić information content (AvgIpc) is 2.27. The van der Waals surface area contributed by atoms with Gasteiger partial charge in [0.05, 0.1) is 16.8 Å². The average molecular weight is 256 g/mol. The summed E-state index contributed by atoms with van der Waals surface area (Å²) in [5, 5.41) is 0.337. The minimum Gasteiger partial charge on any atom is -0.368 e. The van der Waals surface area contributed by atoms with Gasteiger partial charge in [0.2, 0.25) is 5.95 Å². The van der Waals surface area contributed by atoms with Gasteiger partial charge in [0.1, 0.15) is 0 Å². The zero-order valence-corrected chi connectivity index (χ0v) is 9.33. The Bertz CT molecular complexity index is 580. The van der Waals surface area contributed by atoms with E-state index < -0.39 is 11.7 Å². The van der Waals surface area contributed by atoms with Crippen LogP contribution in [0.15, 0.2) is 18.2 Å². The Kier molecular flexibility index (Phi) is 3.08. The molecule has 0 aliphatic heterocycles. The van der Waals surface area contributed by atoms with E-state index >= 15 is 0 Å². The summed E-state index contributed by atoms with van der Waals surface area (Å²) in [6.07, 6.45) is -4.12. The molecule has 1 heterocycles. The highest BCUT2D eigenvalue weighted by atomic mass is 19.4. The molecule has 7 heteroatoms. The molecule has 0 unspecified atom stereocenters. The number of rotatable bonds is 2. The number of halogens is 3. The molecule has 2 rings (SSSR count). The second-order valence-corrected chi connectivity index (χ2v) is 3.77. The summed E-state index contributed by atoms with van der Waals surface area (Å²) in [4.78, 5) is 7.62. The van der Waals surface area contributed by atoms with Crippen molar-refractivity contribution in [2.45, 2.75) is 12.6 Å². The standard InChI is InChI=1S/C11H11F3N4/c12-11(13,14)7-3-1-2-6-8(4-5-15)17-10(16)18-9(6)7/h1-3H,4-5,15H2,(H2,16,17,18). The van der Waals surface area contributed by atoms with Crippen molar-refractivity contribution in [2.75, 3.05) is 12.3 Å². The lowest BCUT2D eigenvalue weighted by molar-refractivity contribution is -0.136. The maximum atomic E-state index is 12.8. The molecule has 4 N–H and O–H groups in total. The second kappa shape index (κ2) is 4.41. The summed E-state index contributed by atoms with van der Waals surface area (Å²) < 4.78 is 38.5. The molecule has 96 valence electrons. The number of nitrogens with two attached hydrogens (primary N) is 2. The molecule has 0 aliphatic carbocycles. The van der Waals surface area contributed by atoms with E-state index in [1.54, 1.807) is 0 Å². The first-order chi connectivity index (χ1) is 8.43. The van der Waals surface area contributed by atoms with Crippen molar-refractivity contribution in [3.63, 3.8) is 0 Å². The number of hydrogen-bond donors (Lipinski definition) is 2. The van der Waals surface area contributed by atoms with Crippen molar-refractivity contribution < 1.29 is 13.2 Å². The molecule has 1 aromatic carbocycles. The van der Waals surface area contributed by atoms with Crippen LogP contribution in [-0.2, 0) is 12.6 Å². The normalized spacial score (nSPS) is 12.0. The van der Waals surface area contributed by atoms with Crippen molar-refractivity contribution in [3.05, 3.63) is 29.5 Å². The summed E-state index contributed by atoms with van der Waals surface area (Å²) in [5.74, 6) is -0.178. The molecule has 0 atom stereocenters. The maximum Gasteiger partial charge on any atom is 0.418 e. The van der Waals surface area contributed by atoms with Crippen LogP contribution in [0.5, 0.6) is 0 Å². The third-order valence-corrected chi connectivity index (χ3v) is 2.51. The summed E-state index contributed by atoms with van der Waals surface area (Å²) in [7, 11) is 0. The summed E-state index contributed by atoms with van der Waals surface area (Å²) in [5.41, 5.74) is 10.3. The van der Waals surface area contributed by atoms with Crippen LogP contribution in [0.1, 0.15) is 11.3 Å². The SMILES string of the molecule is NCCc1nc(N)nc2c(C(F)(F)F)cccc12. The van der Waals surface area contributed by atoms with Crippen LogP contribution in [0.25, 0.3) is 10.9 Å². The minimum absolute atomic E-state index is 0.178. The van der Waals surface area contributed by atoms with Gasteiger partial charge >= 0.3 is 6.18 Å². The molecule has 0 amide bonds. The minimum atomic E-state index is -4.47. The number of nitrogens with zero attached hydrogens (tertiary/aromatic N) is 2. The van der Waals surface area contributed by atoms with Gasteiger partial charge < -0.3 is 11.5 Å². The van der Waals surface area contributed by atoms with Crippen LogP contribution in [-0.4, -0.2) is 16.5 Å². The highest BCUT2D eigenvalue weighted by Crippen LogP contribution is 2.34. The molecule has 1 aromatic heterocycles. The van der Waals surface area contributed by atoms with Crippen molar-refractivity contribution in [3.8, 4) is 0 Å². The monoisotopic (exact) mass is 256 g/mol. The van der Waals surface area contributed by atoms with E-state index in [9.17, 15) is 13.2 Å². The number of aromatic nitrogens is 2. The number of fused-ring (bicyclic) bond motifs is 1. The smallest absolute Gasteiger partial charge is 0.368 e. The van der Waals surface area contributed by atoms with Crippen LogP contribution in [0.4, 0.5) is 19.1 Å². The van der Waals surface area contributed by atoms with E-state index in [0.717, 1.165) is 6.07 Å². The van der Waals surface area contributed by atoms with Crippen LogP contribution in [0, 0.1) is 0 Å². The molecule has 0 radical (unpaired) electrons. The number of para-hydroxylation sites is 1. The molecule has 0 fully saturated rings. The predicted octanol–water partition coefficient (Wildman–Crippen LogP) is 1.73. The van der Waals surface area contributed by atoms with Gasteiger partial charge in [0, 0.05) is 11.8 Å². The molecule has 4 nitrogen and oxygen atoms in total. The molecule has 0 saturated heterocycles. The summed E-state index contributed by atoms with van der Waals surface area (Å²) >= 11 is 0. The van der Waals surface area contributed by atoms with Gasteiger partial charge in [-0.25, -0.2) is 9.97 Å². The fraction of sp³-hybridized carbons (Fsp3) is 0.273. The van der Waals surface area contributed by atoms with Gasteiger partial charge in [-0.3, -0.25) is 0 Å². The number of hydrogen-bond acceptors (Lipinski definition) is 4. The topological polar surface area (TPSA) is 77.8 Å². The highest BCUT2D eigenvalue weighted by molar-refractivity contribution is 5.85. The van der Waals surface area contributed by atoms with Gasteiger partial charge in [-0.05, 0) is 12.6 Å².